The first-order valence-corrected chi connectivity index (χ1v) is 8.76. The molecule has 1 unspecified atom stereocenters. The Hall–Kier alpha value is -1.53. The van der Waals surface area contributed by atoms with Crippen molar-refractivity contribution in [3.8, 4) is 0 Å². The average molecular weight is 338 g/mol. The van der Waals surface area contributed by atoms with Gasteiger partial charge in [0.2, 0.25) is 0 Å². The molecule has 0 radical (unpaired) electrons. The van der Waals surface area contributed by atoms with Gasteiger partial charge in [0.25, 0.3) is 0 Å². The van der Waals surface area contributed by atoms with Crippen molar-refractivity contribution in [1.82, 2.24) is 20.4 Å². The molecule has 1 heterocycles. The summed E-state index contributed by atoms with van der Waals surface area (Å²) in [5, 5.41) is 6.79. The third kappa shape index (κ3) is 6.53. The molecule has 0 aliphatic heterocycles. The molecule has 1 rings (SSSR count). The summed E-state index contributed by atoms with van der Waals surface area (Å²) < 4.78 is 5.54. The second-order valence-electron chi connectivity index (χ2n) is 6.80. The zero-order valence-corrected chi connectivity index (χ0v) is 16.3. The van der Waals surface area contributed by atoms with E-state index in [1.54, 1.807) is 13.3 Å². The van der Waals surface area contributed by atoms with Crippen LogP contribution in [-0.4, -0.2) is 68.6 Å². The molecular weight excluding hydrogens is 302 g/mol. The number of aliphatic imine (C=N–C) groups is 1. The number of likely N-dealkylation sites (N-methyl/N-ethyl adjacent to an activating group) is 1. The van der Waals surface area contributed by atoms with Gasteiger partial charge in [0.05, 0.1) is 12.3 Å². The Bertz CT molecular complexity index is 460. The minimum absolute atomic E-state index is 0.168. The highest BCUT2D eigenvalue weighted by molar-refractivity contribution is 5.79. The van der Waals surface area contributed by atoms with E-state index in [0.29, 0.717) is 12.1 Å². The summed E-state index contributed by atoms with van der Waals surface area (Å²) in [7, 11) is 5.90. The van der Waals surface area contributed by atoms with Gasteiger partial charge in [0, 0.05) is 38.8 Å². The van der Waals surface area contributed by atoms with Crippen molar-refractivity contribution in [1.29, 1.82) is 0 Å². The number of guanidine groups is 1. The van der Waals surface area contributed by atoms with Gasteiger partial charge in [-0.15, -0.1) is 0 Å². The Balaban J connectivity index is 2.47. The van der Waals surface area contributed by atoms with Gasteiger partial charge in [-0.25, -0.2) is 0 Å². The molecule has 2 N–H and O–H groups in total. The van der Waals surface area contributed by atoms with E-state index in [1.165, 1.54) is 0 Å². The third-order valence-electron chi connectivity index (χ3n) is 4.17. The molecule has 6 nitrogen and oxygen atoms in total. The molecule has 6 heteroatoms. The van der Waals surface area contributed by atoms with Crippen LogP contribution in [0.4, 0.5) is 0 Å². The Labute approximate surface area is 147 Å². The summed E-state index contributed by atoms with van der Waals surface area (Å²) >= 11 is 0. The van der Waals surface area contributed by atoms with Crippen LogP contribution in [0.2, 0.25) is 0 Å². The molecule has 138 valence electrons. The third-order valence-corrected chi connectivity index (χ3v) is 4.17. The standard InChI is InChI=1S/C18H35N5O/c1-14(2)23(15(3)4)11-10-20-18(19-5)21-13-16(22(6)7)17-9-8-12-24-17/h8-9,12,14-16H,10-11,13H2,1-7H3,(H2,19,20,21). The lowest BCUT2D eigenvalue weighted by molar-refractivity contribution is 0.178. The summed E-state index contributed by atoms with van der Waals surface area (Å²) in [5.74, 6) is 1.77. The van der Waals surface area contributed by atoms with Gasteiger partial charge in [0.1, 0.15) is 5.76 Å². The normalized spacial score (nSPS) is 14.0. The average Bonchev–Trinajstić information content (AvgIpc) is 3.02. The molecule has 24 heavy (non-hydrogen) atoms. The van der Waals surface area contributed by atoms with Gasteiger partial charge >= 0.3 is 0 Å². The van der Waals surface area contributed by atoms with Crippen molar-refractivity contribution in [2.24, 2.45) is 4.99 Å². The van der Waals surface area contributed by atoms with E-state index < -0.39 is 0 Å². The topological polar surface area (TPSA) is 56.0 Å². The molecule has 0 saturated carbocycles. The van der Waals surface area contributed by atoms with Crippen LogP contribution < -0.4 is 10.6 Å². The van der Waals surface area contributed by atoms with Gasteiger partial charge in [-0.05, 0) is 53.9 Å². The van der Waals surface area contributed by atoms with Crippen LogP contribution in [0.25, 0.3) is 0 Å². The lowest BCUT2D eigenvalue weighted by Crippen LogP contribution is -2.46. The predicted molar refractivity (Wildman–Crippen MR) is 101 cm³/mol. The van der Waals surface area contributed by atoms with E-state index in [2.05, 4.69) is 53.1 Å². The van der Waals surface area contributed by atoms with Crippen LogP contribution in [0.3, 0.4) is 0 Å². The van der Waals surface area contributed by atoms with Crippen molar-refractivity contribution in [3.05, 3.63) is 24.2 Å². The maximum atomic E-state index is 5.54. The van der Waals surface area contributed by atoms with Crippen LogP contribution in [0.15, 0.2) is 27.8 Å². The molecule has 0 aliphatic rings. The molecule has 1 atom stereocenters. The fraction of sp³-hybridized carbons (Fsp3) is 0.722. The molecular formula is C18H35N5O. The Morgan fingerprint density at radius 3 is 2.29 bits per heavy atom. The molecule has 0 aromatic carbocycles. The second kappa shape index (κ2) is 10.4. The largest absolute Gasteiger partial charge is 0.468 e. The van der Waals surface area contributed by atoms with Gasteiger partial charge in [-0.1, -0.05) is 0 Å². The fourth-order valence-corrected chi connectivity index (χ4v) is 2.85. The van der Waals surface area contributed by atoms with E-state index in [-0.39, 0.29) is 6.04 Å². The van der Waals surface area contributed by atoms with Crippen molar-refractivity contribution in [2.45, 2.75) is 45.8 Å². The molecule has 0 amide bonds. The van der Waals surface area contributed by atoms with E-state index in [4.69, 9.17) is 4.42 Å². The molecule has 1 aromatic heterocycles. The fourth-order valence-electron chi connectivity index (χ4n) is 2.85. The summed E-state index contributed by atoms with van der Waals surface area (Å²) in [6.07, 6.45) is 1.71. The van der Waals surface area contributed by atoms with Crippen molar-refractivity contribution < 1.29 is 4.42 Å². The number of furan rings is 1. The number of hydrogen-bond donors (Lipinski definition) is 2. The lowest BCUT2D eigenvalue weighted by Gasteiger charge is -2.30. The highest BCUT2D eigenvalue weighted by Gasteiger charge is 2.17. The van der Waals surface area contributed by atoms with E-state index in [0.717, 1.165) is 31.4 Å². The van der Waals surface area contributed by atoms with Crippen LogP contribution in [0.1, 0.15) is 39.5 Å². The van der Waals surface area contributed by atoms with Crippen molar-refractivity contribution in [3.63, 3.8) is 0 Å². The molecule has 0 spiro atoms. The molecule has 0 fully saturated rings. The second-order valence-corrected chi connectivity index (χ2v) is 6.80. The maximum absolute atomic E-state index is 5.54. The number of rotatable bonds is 9. The van der Waals surface area contributed by atoms with Crippen LogP contribution in [0.5, 0.6) is 0 Å². The highest BCUT2D eigenvalue weighted by atomic mass is 16.3. The lowest BCUT2D eigenvalue weighted by atomic mass is 10.2. The monoisotopic (exact) mass is 337 g/mol. The maximum Gasteiger partial charge on any atom is 0.191 e. The zero-order chi connectivity index (χ0) is 18.1. The quantitative estimate of drug-likeness (QED) is 0.534. The summed E-state index contributed by atoms with van der Waals surface area (Å²) in [4.78, 5) is 8.92. The number of nitrogens with zero attached hydrogens (tertiary/aromatic N) is 3. The molecule has 1 aromatic rings. The number of hydrogen-bond acceptors (Lipinski definition) is 4. The van der Waals surface area contributed by atoms with Gasteiger partial charge in [0.15, 0.2) is 5.96 Å². The highest BCUT2D eigenvalue weighted by Crippen LogP contribution is 2.17. The van der Waals surface area contributed by atoms with E-state index >= 15 is 0 Å². The summed E-state index contributed by atoms with van der Waals surface area (Å²) in [5.41, 5.74) is 0. The predicted octanol–water partition coefficient (Wildman–Crippen LogP) is 2.17. The Morgan fingerprint density at radius 2 is 1.83 bits per heavy atom. The summed E-state index contributed by atoms with van der Waals surface area (Å²) in [6, 6.07) is 5.18. The first kappa shape index (κ1) is 20.5. The Morgan fingerprint density at radius 1 is 1.17 bits per heavy atom. The smallest absolute Gasteiger partial charge is 0.191 e. The molecule has 0 aliphatic carbocycles. The summed E-state index contributed by atoms with van der Waals surface area (Å²) in [6.45, 7) is 11.5. The van der Waals surface area contributed by atoms with E-state index in [1.807, 2.05) is 26.2 Å². The van der Waals surface area contributed by atoms with Gasteiger partial charge < -0.3 is 15.1 Å². The van der Waals surface area contributed by atoms with Crippen molar-refractivity contribution in [2.75, 3.05) is 40.8 Å². The van der Waals surface area contributed by atoms with Crippen LogP contribution in [-0.2, 0) is 0 Å². The van der Waals surface area contributed by atoms with Crippen LogP contribution in [0, 0.1) is 0 Å². The van der Waals surface area contributed by atoms with Gasteiger partial charge in [-0.2, -0.15) is 0 Å². The molecule has 0 saturated heterocycles. The van der Waals surface area contributed by atoms with Gasteiger partial charge in [-0.3, -0.25) is 14.8 Å². The van der Waals surface area contributed by atoms with Crippen molar-refractivity contribution >= 4 is 5.96 Å². The first-order valence-electron chi connectivity index (χ1n) is 8.76. The van der Waals surface area contributed by atoms with E-state index in [9.17, 15) is 0 Å². The van der Waals surface area contributed by atoms with Crippen LogP contribution >= 0.6 is 0 Å². The SMILES string of the molecule is CN=C(NCCN(C(C)C)C(C)C)NCC(c1ccco1)N(C)C. The minimum atomic E-state index is 0.168. The Kier molecular flexibility index (Phi) is 8.85. The zero-order valence-electron chi connectivity index (χ0n) is 16.3. The minimum Gasteiger partial charge on any atom is -0.468 e. The number of nitrogens with one attached hydrogen (secondary N) is 2. The molecule has 0 bridgehead atoms. The first-order chi connectivity index (χ1) is 11.4.